The van der Waals surface area contributed by atoms with Crippen LogP contribution < -0.4 is 10.6 Å². The van der Waals surface area contributed by atoms with Crippen LogP contribution in [0.4, 0.5) is 11.4 Å². The van der Waals surface area contributed by atoms with E-state index in [0.717, 1.165) is 30.8 Å². The number of anilines is 2. The predicted molar refractivity (Wildman–Crippen MR) is 107 cm³/mol. The van der Waals surface area contributed by atoms with Gasteiger partial charge >= 0.3 is 0 Å². The van der Waals surface area contributed by atoms with Crippen molar-refractivity contribution in [2.45, 2.75) is 19.8 Å². The highest BCUT2D eigenvalue weighted by Crippen LogP contribution is 2.14. The van der Waals surface area contributed by atoms with Gasteiger partial charge in [-0.3, -0.25) is 9.78 Å². The van der Waals surface area contributed by atoms with E-state index in [2.05, 4.69) is 34.7 Å². The van der Waals surface area contributed by atoms with Crippen molar-refractivity contribution in [3.05, 3.63) is 89.7 Å². The van der Waals surface area contributed by atoms with E-state index in [1.165, 1.54) is 11.1 Å². The predicted octanol–water partition coefficient (Wildman–Crippen LogP) is 4.55. The molecule has 4 heteroatoms. The van der Waals surface area contributed by atoms with E-state index < -0.39 is 0 Å². The Bertz CT molecular complexity index is 845. The SMILES string of the molecule is CCc1ccc(NC(=O)c2cncc(NCCc3ccccc3)c2)cc1. The van der Waals surface area contributed by atoms with Crippen LogP contribution in [0.2, 0.25) is 0 Å². The quantitative estimate of drug-likeness (QED) is 0.660. The van der Waals surface area contributed by atoms with Crippen molar-refractivity contribution >= 4 is 17.3 Å². The molecule has 132 valence electrons. The van der Waals surface area contributed by atoms with Gasteiger partial charge in [-0.15, -0.1) is 0 Å². The molecule has 0 aliphatic heterocycles. The van der Waals surface area contributed by atoms with Gasteiger partial charge in [0.25, 0.3) is 5.91 Å². The smallest absolute Gasteiger partial charge is 0.257 e. The third-order valence-corrected chi connectivity index (χ3v) is 4.21. The second kappa shape index (κ2) is 8.81. The lowest BCUT2D eigenvalue weighted by atomic mass is 10.1. The number of aromatic nitrogens is 1. The van der Waals surface area contributed by atoms with E-state index in [4.69, 9.17) is 0 Å². The number of carbonyl (C=O) groups excluding carboxylic acids is 1. The maximum Gasteiger partial charge on any atom is 0.257 e. The first kappa shape index (κ1) is 17.7. The van der Waals surface area contributed by atoms with Crippen LogP contribution in [0.3, 0.4) is 0 Å². The van der Waals surface area contributed by atoms with Gasteiger partial charge in [0.2, 0.25) is 0 Å². The molecule has 1 heterocycles. The number of carbonyl (C=O) groups is 1. The van der Waals surface area contributed by atoms with Crippen molar-refractivity contribution in [2.75, 3.05) is 17.2 Å². The van der Waals surface area contributed by atoms with Gasteiger partial charge in [-0.2, -0.15) is 0 Å². The molecule has 0 spiro atoms. The Morgan fingerprint density at radius 1 is 0.923 bits per heavy atom. The number of nitrogens with zero attached hydrogens (tertiary/aromatic N) is 1. The van der Waals surface area contributed by atoms with E-state index >= 15 is 0 Å². The summed E-state index contributed by atoms with van der Waals surface area (Å²) in [7, 11) is 0. The van der Waals surface area contributed by atoms with Crippen LogP contribution in [0.25, 0.3) is 0 Å². The number of aryl methyl sites for hydroxylation is 1. The van der Waals surface area contributed by atoms with E-state index in [9.17, 15) is 4.79 Å². The molecule has 0 unspecified atom stereocenters. The fourth-order valence-corrected chi connectivity index (χ4v) is 2.68. The molecule has 0 radical (unpaired) electrons. The molecule has 0 aliphatic rings. The summed E-state index contributed by atoms with van der Waals surface area (Å²) in [5, 5.41) is 6.24. The molecule has 0 atom stereocenters. The number of pyridine rings is 1. The summed E-state index contributed by atoms with van der Waals surface area (Å²) in [6.45, 7) is 2.89. The van der Waals surface area contributed by atoms with E-state index in [0.29, 0.717) is 5.56 Å². The molecule has 0 aliphatic carbocycles. The molecule has 0 saturated heterocycles. The van der Waals surface area contributed by atoms with E-state index in [1.807, 2.05) is 48.5 Å². The molecule has 4 nitrogen and oxygen atoms in total. The Morgan fingerprint density at radius 2 is 1.69 bits per heavy atom. The third-order valence-electron chi connectivity index (χ3n) is 4.21. The fourth-order valence-electron chi connectivity index (χ4n) is 2.68. The zero-order valence-corrected chi connectivity index (χ0v) is 14.9. The number of hydrogen-bond acceptors (Lipinski definition) is 3. The second-order valence-electron chi connectivity index (χ2n) is 6.13. The normalized spacial score (nSPS) is 10.3. The molecular formula is C22H23N3O. The standard InChI is InChI=1S/C22H23N3O/c1-2-17-8-10-20(11-9-17)25-22(26)19-14-21(16-23-15-19)24-13-12-18-6-4-3-5-7-18/h3-11,14-16,24H,2,12-13H2,1H3,(H,25,26). The molecule has 0 bridgehead atoms. The van der Waals surface area contributed by atoms with Crippen LogP contribution in [0, 0.1) is 0 Å². The topological polar surface area (TPSA) is 54.0 Å². The minimum Gasteiger partial charge on any atom is -0.383 e. The minimum absolute atomic E-state index is 0.159. The number of benzene rings is 2. The summed E-state index contributed by atoms with van der Waals surface area (Å²) in [5.41, 5.74) is 4.69. The molecule has 3 aromatic rings. The van der Waals surface area contributed by atoms with Gasteiger partial charge in [0.05, 0.1) is 11.3 Å². The monoisotopic (exact) mass is 345 g/mol. The summed E-state index contributed by atoms with van der Waals surface area (Å²) < 4.78 is 0. The zero-order chi connectivity index (χ0) is 18.2. The molecule has 0 fully saturated rings. The van der Waals surface area contributed by atoms with Crippen molar-refractivity contribution in [1.82, 2.24) is 4.98 Å². The molecule has 2 N–H and O–H groups in total. The Balaban J connectivity index is 1.57. The van der Waals surface area contributed by atoms with Crippen LogP contribution >= 0.6 is 0 Å². The van der Waals surface area contributed by atoms with Crippen LogP contribution in [0.15, 0.2) is 73.1 Å². The van der Waals surface area contributed by atoms with Gasteiger partial charge in [0.1, 0.15) is 0 Å². The number of amides is 1. The minimum atomic E-state index is -0.159. The number of hydrogen-bond donors (Lipinski definition) is 2. The largest absolute Gasteiger partial charge is 0.383 e. The number of rotatable bonds is 7. The Hall–Kier alpha value is -3.14. The van der Waals surface area contributed by atoms with Crippen LogP contribution in [0.1, 0.15) is 28.4 Å². The fraction of sp³-hybridized carbons (Fsp3) is 0.182. The highest BCUT2D eigenvalue weighted by atomic mass is 16.1. The molecule has 2 aromatic carbocycles. The van der Waals surface area contributed by atoms with Crippen molar-refractivity contribution in [3.8, 4) is 0 Å². The lowest BCUT2D eigenvalue weighted by Gasteiger charge is -2.09. The molecule has 1 amide bonds. The molecule has 1 aromatic heterocycles. The molecule has 3 rings (SSSR count). The highest BCUT2D eigenvalue weighted by molar-refractivity contribution is 6.04. The van der Waals surface area contributed by atoms with Gasteiger partial charge in [0, 0.05) is 24.6 Å². The third kappa shape index (κ3) is 4.93. The van der Waals surface area contributed by atoms with Crippen molar-refractivity contribution in [3.63, 3.8) is 0 Å². The first-order valence-corrected chi connectivity index (χ1v) is 8.88. The molecule has 0 saturated carbocycles. The summed E-state index contributed by atoms with van der Waals surface area (Å²) in [4.78, 5) is 16.6. The van der Waals surface area contributed by atoms with Crippen molar-refractivity contribution in [2.24, 2.45) is 0 Å². The van der Waals surface area contributed by atoms with Gasteiger partial charge in [-0.05, 0) is 42.2 Å². The lowest BCUT2D eigenvalue weighted by Crippen LogP contribution is -2.13. The van der Waals surface area contributed by atoms with Crippen molar-refractivity contribution in [1.29, 1.82) is 0 Å². The Morgan fingerprint density at radius 3 is 2.42 bits per heavy atom. The second-order valence-corrected chi connectivity index (χ2v) is 6.13. The van der Waals surface area contributed by atoms with Gasteiger partial charge in [-0.1, -0.05) is 49.4 Å². The Labute approximate surface area is 154 Å². The van der Waals surface area contributed by atoms with E-state index in [-0.39, 0.29) is 5.91 Å². The summed E-state index contributed by atoms with van der Waals surface area (Å²) in [6, 6.07) is 20.0. The average molecular weight is 345 g/mol. The van der Waals surface area contributed by atoms with Gasteiger partial charge in [0.15, 0.2) is 0 Å². The van der Waals surface area contributed by atoms with Gasteiger partial charge in [-0.25, -0.2) is 0 Å². The summed E-state index contributed by atoms with van der Waals surface area (Å²) in [6.07, 6.45) is 5.21. The van der Waals surface area contributed by atoms with Crippen LogP contribution in [0.5, 0.6) is 0 Å². The first-order chi connectivity index (χ1) is 12.7. The first-order valence-electron chi connectivity index (χ1n) is 8.88. The highest BCUT2D eigenvalue weighted by Gasteiger charge is 2.07. The van der Waals surface area contributed by atoms with Crippen LogP contribution in [-0.4, -0.2) is 17.4 Å². The summed E-state index contributed by atoms with van der Waals surface area (Å²) >= 11 is 0. The van der Waals surface area contributed by atoms with Crippen LogP contribution in [-0.2, 0) is 12.8 Å². The zero-order valence-electron chi connectivity index (χ0n) is 14.9. The molecule has 26 heavy (non-hydrogen) atoms. The average Bonchev–Trinajstić information content (AvgIpc) is 2.69. The lowest BCUT2D eigenvalue weighted by molar-refractivity contribution is 0.102. The Kier molecular flexibility index (Phi) is 5.99. The maximum absolute atomic E-state index is 12.4. The number of nitrogens with one attached hydrogen (secondary N) is 2. The van der Waals surface area contributed by atoms with Crippen molar-refractivity contribution < 1.29 is 4.79 Å². The van der Waals surface area contributed by atoms with Gasteiger partial charge < -0.3 is 10.6 Å². The maximum atomic E-state index is 12.4. The van der Waals surface area contributed by atoms with E-state index in [1.54, 1.807) is 12.4 Å². The molecular weight excluding hydrogens is 322 g/mol. The summed E-state index contributed by atoms with van der Waals surface area (Å²) in [5.74, 6) is -0.159.